The number of nitrogens with zero attached hydrogens (tertiary/aromatic N) is 1. The van der Waals surface area contributed by atoms with Gasteiger partial charge in [-0.3, -0.25) is 9.59 Å². The number of benzene rings is 1. The Labute approximate surface area is 87.2 Å². The third-order valence-corrected chi connectivity index (χ3v) is 3.26. The Morgan fingerprint density at radius 2 is 1.93 bits per heavy atom. The van der Waals surface area contributed by atoms with Crippen LogP contribution in [0.1, 0.15) is 16.1 Å². The highest BCUT2D eigenvalue weighted by atomic mass is 32.9. The smallest absolute Gasteiger partial charge is 0.274 e. The van der Waals surface area contributed by atoms with Gasteiger partial charge >= 0.3 is 0 Å². The van der Waals surface area contributed by atoms with Gasteiger partial charge in [0.15, 0.2) is 5.69 Å². The van der Waals surface area contributed by atoms with E-state index < -0.39 is 0 Å². The summed E-state index contributed by atoms with van der Waals surface area (Å²) in [5.74, 6) is -0.298. The molecule has 0 spiro atoms. The summed E-state index contributed by atoms with van der Waals surface area (Å²) in [6.45, 7) is 0. The molecule has 2 aromatic rings. The standard InChI is InChI=1S/C9H5NO2S2/c11-8(6-4-2-1-3-5-6)7-9(12)13-14-10-7/h1-5H. The third kappa shape index (κ3) is 1.64. The molecule has 0 atom stereocenters. The molecule has 1 aromatic heterocycles. The minimum absolute atomic E-state index is 0.0335. The Morgan fingerprint density at radius 3 is 2.50 bits per heavy atom. The van der Waals surface area contributed by atoms with E-state index in [1.165, 1.54) is 0 Å². The molecule has 0 bridgehead atoms. The molecule has 2 rings (SSSR count). The summed E-state index contributed by atoms with van der Waals surface area (Å²) in [5.41, 5.74) is 0.536. The Morgan fingerprint density at radius 1 is 1.21 bits per heavy atom. The lowest BCUT2D eigenvalue weighted by atomic mass is 10.1. The topological polar surface area (TPSA) is 47.0 Å². The van der Waals surface area contributed by atoms with Gasteiger partial charge in [-0.05, 0) is 10.3 Å². The average molecular weight is 223 g/mol. The molecule has 5 heteroatoms. The van der Waals surface area contributed by atoms with Crippen LogP contribution in [0, 0.1) is 0 Å². The monoisotopic (exact) mass is 223 g/mol. The van der Waals surface area contributed by atoms with Crippen LogP contribution in [0.5, 0.6) is 0 Å². The van der Waals surface area contributed by atoms with Crippen molar-refractivity contribution in [2.75, 3.05) is 0 Å². The van der Waals surface area contributed by atoms with Crippen LogP contribution in [0.25, 0.3) is 0 Å². The average Bonchev–Trinajstić information content (AvgIpc) is 2.65. The lowest BCUT2D eigenvalue weighted by Gasteiger charge is -1.93. The fraction of sp³-hybridized carbons (Fsp3) is 0. The Hall–Kier alpha value is -1.33. The first-order chi connectivity index (χ1) is 6.79. The molecule has 0 amide bonds. The van der Waals surface area contributed by atoms with Gasteiger partial charge in [-0.15, -0.1) is 0 Å². The van der Waals surface area contributed by atoms with E-state index in [2.05, 4.69) is 4.37 Å². The van der Waals surface area contributed by atoms with E-state index >= 15 is 0 Å². The van der Waals surface area contributed by atoms with Gasteiger partial charge in [0.2, 0.25) is 5.78 Å². The quantitative estimate of drug-likeness (QED) is 0.576. The molecule has 0 saturated heterocycles. The second-order valence-corrected chi connectivity index (χ2v) is 4.40. The molecule has 0 aliphatic rings. The first-order valence-electron chi connectivity index (χ1n) is 3.85. The first-order valence-corrected chi connectivity index (χ1v) is 5.95. The number of rotatable bonds is 2. The lowest BCUT2D eigenvalue weighted by molar-refractivity contribution is 0.103. The Bertz CT molecular complexity index is 501. The van der Waals surface area contributed by atoms with Crippen molar-refractivity contribution in [3.63, 3.8) is 0 Å². The Balaban J connectivity index is 2.44. The largest absolute Gasteiger partial charge is 0.287 e. The van der Waals surface area contributed by atoms with Crippen LogP contribution in [-0.4, -0.2) is 10.2 Å². The lowest BCUT2D eigenvalue weighted by Crippen LogP contribution is -2.11. The van der Waals surface area contributed by atoms with E-state index in [1.807, 2.05) is 6.07 Å². The maximum Gasteiger partial charge on any atom is 0.274 e. The van der Waals surface area contributed by atoms with Gasteiger partial charge in [0.05, 0.1) is 0 Å². The summed E-state index contributed by atoms with van der Waals surface area (Å²) < 4.78 is 3.53. The molecule has 1 heterocycles. The maximum atomic E-state index is 11.7. The normalized spacial score (nSPS) is 10.0. The summed E-state index contributed by atoms with van der Waals surface area (Å²) in [6, 6.07) is 8.68. The molecule has 0 aliphatic heterocycles. The van der Waals surface area contributed by atoms with Crippen LogP contribution >= 0.6 is 20.9 Å². The van der Waals surface area contributed by atoms with Crippen molar-refractivity contribution in [2.24, 2.45) is 0 Å². The van der Waals surface area contributed by atoms with Crippen molar-refractivity contribution in [1.82, 2.24) is 4.37 Å². The second-order valence-electron chi connectivity index (χ2n) is 2.58. The first kappa shape index (κ1) is 9.23. The van der Waals surface area contributed by atoms with Crippen LogP contribution < -0.4 is 4.74 Å². The van der Waals surface area contributed by atoms with E-state index in [1.54, 1.807) is 24.3 Å². The highest BCUT2D eigenvalue weighted by Crippen LogP contribution is 2.07. The van der Waals surface area contributed by atoms with Crippen LogP contribution in [0.2, 0.25) is 0 Å². The summed E-state index contributed by atoms with van der Waals surface area (Å²) in [4.78, 5) is 22.9. The summed E-state index contributed by atoms with van der Waals surface area (Å²) >= 11 is 0. The molecule has 0 fully saturated rings. The molecular formula is C9H5NO2S2. The molecule has 3 nitrogen and oxygen atoms in total. The molecule has 0 aliphatic carbocycles. The van der Waals surface area contributed by atoms with Crippen LogP contribution in [0.3, 0.4) is 0 Å². The van der Waals surface area contributed by atoms with E-state index in [0.717, 1.165) is 20.9 Å². The molecule has 0 saturated carbocycles. The van der Waals surface area contributed by atoms with E-state index in [4.69, 9.17) is 0 Å². The summed E-state index contributed by atoms with van der Waals surface area (Å²) in [6.07, 6.45) is 0. The number of ketones is 1. The number of hydrogen-bond donors (Lipinski definition) is 0. The fourth-order valence-electron chi connectivity index (χ4n) is 1.03. The van der Waals surface area contributed by atoms with Crippen molar-refractivity contribution in [2.45, 2.75) is 0 Å². The minimum atomic E-state index is -0.298. The van der Waals surface area contributed by atoms with Gasteiger partial charge in [-0.1, -0.05) is 30.3 Å². The predicted molar refractivity (Wildman–Crippen MR) is 56.1 cm³/mol. The van der Waals surface area contributed by atoms with Gasteiger partial charge in [0, 0.05) is 16.1 Å². The van der Waals surface area contributed by atoms with Gasteiger partial charge in [0.1, 0.15) is 0 Å². The van der Waals surface area contributed by atoms with Crippen molar-refractivity contribution in [3.8, 4) is 0 Å². The number of hydrogen-bond acceptors (Lipinski definition) is 5. The molecule has 70 valence electrons. The molecule has 0 radical (unpaired) electrons. The van der Waals surface area contributed by atoms with Crippen LogP contribution in [0.4, 0.5) is 0 Å². The van der Waals surface area contributed by atoms with E-state index in [9.17, 15) is 9.59 Å². The van der Waals surface area contributed by atoms with E-state index in [0.29, 0.717) is 5.56 Å². The van der Waals surface area contributed by atoms with Gasteiger partial charge in [-0.25, -0.2) is 0 Å². The zero-order chi connectivity index (χ0) is 9.97. The van der Waals surface area contributed by atoms with Crippen LogP contribution in [0.15, 0.2) is 35.1 Å². The number of carbonyl (C=O) groups excluding carboxylic acids is 1. The van der Waals surface area contributed by atoms with E-state index in [-0.39, 0.29) is 16.2 Å². The SMILES string of the molecule is O=C(c1ccccc1)c1nssc1=O. The highest BCUT2D eigenvalue weighted by molar-refractivity contribution is 7.66. The van der Waals surface area contributed by atoms with Crippen molar-refractivity contribution < 1.29 is 4.79 Å². The molecule has 1 aromatic carbocycles. The second kappa shape index (κ2) is 3.81. The maximum absolute atomic E-state index is 11.7. The molecule has 0 unspecified atom stereocenters. The molecule has 0 N–H and O–H groups in total. The molecular weight excluding hydrogens is 218 g/mol. The van der Waals surface area contributed by atoms with Gasteiger partial charge < -0.3 is 0 Å². The Kier molecular flexibility index (Phi) is 2.51. The van der Waals surface area contributed by atoms with Crippen molar-refractivity contribution in [1.29, 1.82) is 0 Å². The minimum Gasteiger partial charge on any atom is -0.287 e. The van der Waals surface area contributed by atoms with Crippen molar-refractivity contribution >= 4 is 26.7 Å². The van der Waals surface area contributed by atoms with Crippen LogP contribution in [-0.2, 0) is 0 Å². The zero-order valence-corrected chi connectivity index (χ0v) is 8.60. The third-order valence-electron chi connectivity index (χ3n) is 1.69. The predicted octanol–water partition coefficient (Wildman–Crippen LogP) is 1.80. The highest BCUT2D eigenvalue weighted by Gasteiger charge is 2.15. The summed E-state index contributed by atoms with van der Waals surface area (Å²) in [5, 5.41) is 0. The summed E-state index contributed by atoms with van der Waals surface area (Å²) in [7, 11) is 2.03. The van der Waals surface area contributed by atoms with Crippen molar-refractivity contribution in [3.05, 3.63) is 51.1 Å². The number of aromatic nitrogens is 1. The zero-order valence-electron chi connectivity index (χ0n) is 6.97. The van der Waals surface area contributed by atoms with Gasteiger partial charge in [-0.2, -0.15) is 4.37 Å². The molecule has 14 heavy (non-hydrogen) atoms. The number of carbonyl (C=O) groups is 1. The fourth-order valence-corrected chi connectivity index (χ4v) is 2.42. The van der Waals surface area contributed by atoms with Gasteiger partial charge in [0.25, 0.3) is 4.74 Å².